The zero-order valence-electron chi connectivity index (χ0n) is 13.8. The molecule has 0 radical (unpaired) electrons. The largest absolute Gasteiger partial charge is 0.444 e. The molecule has 0 aromatic rings. The number of nitrogens with one attached hydrogen (secondary N) is 2. The van der Waals surface area contributed by atoms with Crippen LogP contribution in [-0.2, 0) is 4.74 Å². The number of likely N-dealkylation sites (N-methyl/N-ethyl adjacent to an activating group) is 1. The first-order valence-corrected chi connectivity index (χ1v) is 7.61. The second-order valence-corrected chi connectivity index (χ2v) is 6.94. The summed E-state index contributed by atoms with van der Waals surface area (Å²) in [5, 5.41) is 6.24. The first-order chi connectivity index (χ1) is 9.19. The van der Waals surface area contributed by atoms with E-state index in [0.29, 0.717) is 12.6 Å². The van der Waals surface area contributed by atoms with E-state index in [2.05, 4.69) is 36.4 Å². The maximum absolute atomic E-state index is 11.5. The molecule has 1 aliphatic rings. The molecule has 5 heteroatoms. The van der Waals surface area contributed by atoms with Gasteiger partial charge in [0.25, 0.3) is 0 Å². The Labute approximate surface area is 123 Å². The van der Waals surface area contributed by atoms with E-state index in [9.17, 15) is 4.79 Å². The van der Waals surface area contributed by atoms with Crippen molar-refractivity contribution in [2.24, 2.45) is 0 Å². The molecule has 118 valence electrons. The number of alkyl carbamates (subject to hydrolysis) is 1. The molecule has 5 nitrogen and oxygen atoms in total. The van der Waals surface area contributed by atoms with Crippen molar-refractivity contribution in [3.63, 3.8) is 0 Å². The average molecular weight is 285 g/mol. The van der Waals surface area contributed by atoms with E-state index >= 15 is 0 Å². The third kappa shape index (κ3) is 7.10. The second-order valence-electron chi connectivity index (χ2n) is 6.94. The molecule has 0 saturated heterocycles. The zero-order chi connectivity index (χ0) is 15.3. The molecule has 1 saturated carbocycles. The quantitative estimate of drug-likeness (QED) is 0.751. The Morgan fingerprint density at radius 1 is 1.30 bits per heavy atom. The standard InChI is InChI=1S/C15H31N3O2/c1-11(9-17-14(19)20-15(3,4)5)16-10-12(2)18(6)13-7-8-13/h11-13,16H,7-10H2,1-6H3,(H,17,19). The highest BCUT2D eigenvalue weighted by Gasteiger charge is 2.29. The smallest absolute Gasteiger partial charge is 0.407 e. The SMILES string of the molecule is CC(CNC(=O)OC(C)(C)C)NCC(C)N(C)C1CC1. The number of nitrogens with zero attached hydrogens (tertiary/aromatic N) is 1. The fourth-order valence-corrected chi connectivity index (χ4v) is 1.98. The molecule has 2 N–H and O–H groups in total. The number of carbonyl (C=O) groups is 1. The fraction of sp³-hybridized carbons (Fsp3) is 0.933. The minimum absolute atomic E-state index is 0.234. The van der Waals surface area contributed by atoms with Crippen molar-refractivity contribution < 1.29 is 9.53 Å². The lowest BCUT2D eigenvalue weighted by atomic mass is 10.2. The number of rotatable bonds is 7. The van der Waals surface area contributed by atoms with Crippen LogP contribution in [0.2, 0.25) is 0 Å². The summed E-state index contributed by atoms with van der Waals surface area (Å²) in [6.45, 7) is 11.4. The maximum Gasteiger partial charge on any atom is 0.407 e. The summed E-state index contributed by atoms with van der Waals surface area (Å²) in [6, 6.07) is 1.53. The lowest BCUT2D eigenvalue weighted by molar-refractivity contribution is 0.0523. The Morgan fingerprint density at radius 2 is 1.90 bits per heavy atom. The molecule has 0 bridgehead atoms. The summed E-state index contributed by atoms with van der Waals surface area (Å²) in [7, 11) is 2.19. The van der Waals surface area contributed by atoms with Crippen LogP contribution in [0.4, 0.5) is 4.79 Å². The van der Waals surface area contributed by atoms with E-state index in [1.54, 1.807) is 0 Å². The van der Waals surface area contributed by atoms with Gasteiger partial charge in [-0.1, -0.05) is 0 Å². The van der Waals surface area contributed by atoms with Gasteiger partial charge < -0.3 is 15.4 Å². The van der Waals surface area contributed by atoms with Gasteiger partial charge in [0.2, 0.25) is 0 Å². The van der Waals surface area contributed by atoms with Gasteiger partial charge in [0, 0.05) is 31.2 Å². The number of hydrogen-bond acceptors (Lipinski definition) is 4. The molecule has 0 aromatic heterocycles. The predicted octanol–water partition coefficient (Wildman–Crippen LogP) is 1.97. The van der Waals surface area contributed by atoms with E-state index < -0.39 is 5.60 Å². The van der Waals surface area contributed by atoms with Crippen LogP contribution in [0.1, 0.15) is 47.5 Å². The number of hydrogen-bond donors (Lipinski definition) is 2. The maximum atomic E-state index is 11.5. The van der Waals surface area contributed by atoms with Crippen molar-refractivity contribution in [2.75, 3.05) is 20.1 Å². The Kier molecular flexibility index (Phi) is 6.27. The molecule has 1 rings (SSSR count). The van der Waals surface area contributed by atoms with Crippen LogP contribution in [-0.4, -0.2) is 54.9 Å². The highest BCUT2D eigenvalue weighted by molar-refractivity contribution is 5.67. The van der Waals surface area contributed by atoms with Crippen molar-refractivity contribution in [1.82, 2.24) is 15.5 Å². The van der Waals surface area contributed by atoms with Crippen molar-refractivity contribution >= 4 is 6.09 Å². The summed E-state index contributed by atoms with van der Waals surface area (Å²) in [6.07, 6.45) is 2.31. The molecule has 1 aliphatic carbocycles. The zero-order valence-corrected chi connectivity index (χ0v) is 13.8. The monoisotopic (exact) mass is 285 g/mol. The van der Waals surface area contributed by atoms with Crippen molar-refractivity contribution in [3.05, 3.63) is 0 Å². The van der Waals surface area contributed by atoms with Crippen LogP contribution in [0, 0.1) is 0 Å². The van der Waals surface area contributed by atoms with Gasteiger partial charge in [-0.2, -0.15) is 0 Å². The first-order valence-electron chi connectivity index (χ1n) is 7.61. The summed E-state index contributed by atoms with van der Waals surface area (Å²) >= 11 is 0. The molecule has 0 spiro atoms. The molecular formula is C15H31N3O2. The Balaban J connectivity index is 2.13. The summed E-state index contributed by atoms with van der Waals surface area (Å²) < 4.78 is 5.21. The van der Waals surface area contributed by atoms with Crippen LogP contribution in [0.25, 0.3) is 0 Å². The summed E-state index contributed by atoms with van der Waals surface area (Å²) in [5.74, 6) is 0. The van der Waals surface area contributed by atoms with E-state index in [0.717, 1.165) is 12.6 Å². The van der Waals surface area contributed by atoms with Crippen LogP contribution < -0.4 is 10.6 Å². The Morgan fingerprint density at radius 3 is 2.40 bits per heavy atom. The van der Waals surface area contributed by atoms with Crippen molar-refractivity contribution in [2.45, 2.75) is 71.2 Å². The van der Waals surface area contributed by atoms with Gasteiger partial charge in [-0.15, -0.1) is 0 Å². The van der Waals surface area contributed by atoms with E-state index in [1.165, 1.54) is 12.8 Å². The van der Waals surface area contributed by atoms with E-state index in [1.807, 2.05) is 20.8 Å². The van der Waals surface area contributed by atoms with Gasteiger partial charge in [0.05, 0.1) is 0 Å². The van der Waals surface area contributed by atoms with Crippen LogP contribution in [0.5, 0.6) is 0 Å². The molecule has 0 aromatic carbocycles. The van der Waals surface area contributed by atoms with Gasteiger partial charge in [0.1, 0.15) is 5.60 Å². The van der Waals surface area contributed by atoms with E-state index in [-0.39, 0.29) is 12.1 Å². The average Bonchev–Trinajstić information content (AvgIpc) is 3.14. The van der Waals surface area contributed by atoms with E-state index in [4.69, 9.17) is 4.74 Å². The molecule has 1 amide bonds. The van der Waals surface area contributed by atoms with Crippen molar-refractivity contribution in [1.29, 1.82) is 0 Å². The molecule has 1 fully saturated rings. The highest BCUT2D eigenvalue weighted by Crippen LogP contribution is 2.26. The molecule has 0 heterocycles. The minimum Gasteiger partial charge on any atom is -0.444 e. The first kappa shape index (κ1) is 17.2. The van der Waals surface area contributed by atoms with Crippen LogP contribution in [0.3, 0.4) is 0 Å². The second kappa shape index (κ2) is 7.27. The predicted molar refractivity (Wildman–Crippen MR) is 81.9 cm³/mol. The van der Waals surface area contributed by atoms with Gasteiger partial charge >= 0.3 is 6.09 Å². The summed E-state index contributed by atoms with van der Waals surface area (Å²) in [5.41, 5.74) is -0.442. The van der Waals surface area contributed by atoms with Gasteiger partial charge in [-0.3, -0.25) is 4.90 Å². The highest BCUT2D eigenvalue weighted by atomic mass is 16.6. The van der Waals surface area contributed by atoms with Gasteiger partial charge in [-0.05, 0) is 54.5 Å². The Bertz CT molecular complexity index is 311. The van der Waals surface area contributed by atoms with Crippen LogP contribution >= 0.6 is 0 Å². The fourth-order valence-electron chi connectivity index (χ4n) is 1.98. The molecule has 20 heavy (non-hydrogen) atoms. The lowest BCUT2D eigenvalue weighted by Gasteiger charge is -2.26. The number of ether oxygens (including phenoxy) is 1. The lowest BCUT2D eigenvalue weighted by Crippen LogP contribution is -2.46. The third-order valence-electron chi connectivity index (χ3n) is 3.53. The van der Waals surface area contributed by atoms with Gasteiger partial charge in [0.15, 0.2) is 0 Å². The minimum atomic E-state index is -0.442. The topological polar surface area (TPSA) is 53.6 Å². The Hall–Kier alpha value is -0.810. The molecule has 0 aliphatic heterocycles. The number of amides is 1. The molecular weight excluding hydrogens is 254 g/mol. The molecule has 2 atom stereocenters. The normalized spacial score (nSPS) is 18.8. The summed E-state index contributed by atoms with van der Waals surface area (Å²) in [4.78, 5) is 14.0. The molecule has 2 unspecified atom stereocenters. The third-order valence-corrected chi connectivity index (χ3v) is 3.53. The van der Waals surface area contributed by atoms with Crippen LogP contribution in [0.15, 0.2) is 0 Å². The number of carbonyl (C=O) groups excluding carboxylic acids is 1. The van der Waals surface area contributed by atoms with Crippen molar-refractivity contribution in [3.8, 4) is 0 Å². The van der Waals surface area contributed by atoms with Gasteiger partial charge in [-0.25, -0.2) is 4.79 Å².